The van der Waals surface area contributed by atoms with Gasteiger partial charge in [0.1, 0.15) is 11.3 Å². The molecule has 0 atom stereocenters. The quantitative estimate of drug-likeness (QED) is 0.532. The second kappa shape index (κ2) is 2.75. The molecule has 5 heteroatoms. The summed E-state index contributed by atoms with van der Waals surface area (Å²) in [5.41, 5.74) is 1.64. The van der Waals surface area contributed by atoms with Crippen molar-refractivity contribution in [3.05, 3.63) is 12.0 Å². The number of nitrogens with zero attached hydrogens (tertiary/aromatic N) is 3. The monoisotopic (exact) mass is 180 g/mol. The van der Waals surface area contributed by atoms with Crippen LogP contribution in [0.1, 0.15) is 5.82 Å². The fourth-order valence-electron chi connectivity index (χ4n) is 1.01. The predicted octanol–water partition coefficient (Wildman–Crippen LogP) is 1.38. The fourth-order valence-corrected chi connectivity index (χ4v) is 1.35. The summed E-state index contributed by atoms with van der Waals surface area (Å²) in [4.78, 5) is 15.6. The molecule has 2 rings (SSSR count). The van der Waals surface area contributed by atoms with E-state index in [1.807, 2.05) is 13.2 Å². The Morgan fingerprint density at radius 2 is 2.25 bits per heavy atom. The molecule has 0 aliphatic heterocycles. The Balaban J connectivity index is 2.66. The van der Waals surface area contributed by atoms with E-state index in [1.165, 1.54) is 11.8 Å². The molecule has 1 N–H and O–H groups in total. The maximum absolute atomic E-state index is 4.22. The molecule has 0 radical (unpaired) electrons. The van der Waals surface area contributed by atoms with Crippen LogP contribution in [0.15, 0.2) is 11.4 Å². The zero-order valence-corrected chi connectivity index (χ0v) is 7.64. The lowest BCUT2D eigenvalue weighted by Gasteiger charge is -1.91. The summed E-state index contributed by atoms with van der Waals surface area (Å²) in [6, 6.07) is 0. The van der Waals surface area contributed by atoms with Crippen molar-refractivity contribution in [2.45, 2.75) is 12.1 Å². The zero-order valence-electron chi connectivity index (χ0n) is 6.83. The number of hydrogen-bond acceptors (Lipinski definition) is 4. The van der Waals surface area contributed by atoms with Crippen LogP contribution in [0, 0.1) is 6.92 Å². The number of fused-ring (bicyclic) bond motifs is 1. The molecule has 12 heavy (non-hydrogen) atoms. The molecule has 2 heterocycles. The number of aryl methyl sites for hydroxylation is 1. The highest BCUT2D eigenvalue weighted by atomic mass is 32.2. The van der Waals surface area contributed by atoms with Gasteiger partial charge in [0, 0.05) is 0 Å². The van der Waals surface area contributed by atoms with E-state index < -0.39 is 0 Å². The number of H-pyrrole nitrogens is 1. The minimum absolute atomic E-state index is 0.742. The van der Waals surface area contributed by atoms with Gasteiger partial charge in [-0.15, -0.1) is 0 Å². The maximum Gasteiger partial charge on any atom is 0.189 e. The van der Waals surface area contributed by atoms with Gasteiger partial charge in [-0.1, -0.05) is 11.8 Å². The molecule has 0 saturated carbocycles. The second-order valence-corrected chi connectivity index (χ2v) is 3.19. The van der Waals surface area contributed by atoms with Crippen LogP contribution < -0.4 is 0 Å². The van der Waals surface area contributed by atoms with E-state index >= 15 is 0 Å². The average Bonchev–Trinajstić information content (AvgIpc) is 2.43. The molecule has 0 unspecified atom stereocenters. The third-order valence-corrected chi connectivity index (χ3v) is 2.08. The second-order valence-electron chi connectivity index (χ2n) is 2.42. The van der Waals surface area contributed by atoms with Crippen LogP contribution in [0.2, 0.25) is 0 Å². The van der Waals surface area contributed by atoms with E-state index in [0.717, 1.165) is 22.1 Å². The number of aromatic nitrogens is 4. The summed E-state index contributed by atoms with van der Waals surface area (Å²) < 4.78 is 0. The third-order valence-electron chi connectivity index (χ3n) is 1.52. The van der Waals surface area contributed by atoms with Gasteiger partial charge in [0.05, 0.1) is 6.20 Å². The van der Waals surface area contributed by atoms with Gasteiger partial charge in [-0.3, -0.25) is 0 Å². The van der Waals surface area contributed by atoms with Gasteiger partial charge in [0.15, 0.2) is 10.8 Å². The van der Waals surface area contributed by atoms with Gasteiger partial charge in [-0.2, -0.15) is 0 Å². The van der Waals surface area contributed by atoms with Gasteiger partial charge in [0.25, 0.3) is 0 Å². The predicted molar refractivity (Wildman–Crippen MR) is 48.2 cm³/mol. The van der Waals surface area contributed by atoms with E-state index in [9.17, 15) is 0 Å². The van der Waals surface area contributed by atoms with Gasteiger partial charge in [-0.05, 0) is 13.2 Å². The summed E-state index contributed by atoms with van der Waals surface area (Å²) in [5.74, 6) is 0.873. The smallest absolute Gasteiger partial charge is 0.189 e. The summed E-state index contributed by atoms with van der Waals surface area (Å²) in [5, 5.41) is 0.758. The van der Waals surface area contributed by atoms with Crippen molar-refractivity contribution in [1.29, 1.82) is 0 Å². The van der Waals surface area contributed by atoms with Crippen LogP contribution in [-0.4, -0.2) is 26.2 Å². The first kappa shape index (κ1) is 7.54. The highest BCUT2D eigenvalue weighted by Crippen LogP contribution is 2.12. The number of rotatable bonds is 1. The molecule has 2 aromatic rings. The third kappa shape index (κ3) is 1.16. The minimum atomic E-state index is 0.742. The number of imidazole rings is 1. The molecular formula is C7H8N4S. The summed E-state index contributed by atoms with van der Waals surface area (Å²) >= 11 is 1.52. The molecule has 0 aliphatic carbocycles. The topological polar surface area (TPSA) is 54.5 Å². The Morgan fingerprint density at radius 3 is 3.00 bits per heavy atom. The standard InChI is InChI=1S/C7H8N4S/c1-4-9-5-3-8-7(12-2)11-6(5)10-4/h3H,1-2H3,(H,8,9,10,11). The Bertz CT molecular complexity index is 409. The summed E-state index contributed by atoms with van der Waals surface area (Å²) in [6.07, 6.45) is 3.70. The number of hydrogen-bond donors (Lipinski definition) is 1. The Hall–Kier alpha value is -1.10. The molecule has 0 bridgehead atoms. The largest absolute Gasteiger partial charge is 0.340 e. The molecule has 4 nitrogen and oxygen atoms in total. The van der Waals surface area contributed by atoms with Crippen LogP contribution in [-0.2, 0) is 0 Å². The van der Waals surface area contributed by atoms with Crippen molar-refractivity contribution < 1.29 is 0 Å². The van der Waals surface area contributed by atoms with Crippen molar-refractivity contribution in [3.8, 4) is 0 Å². The SMILES string of the molecule is CSc1ncc2[nH]c(C)nc2n1. The maximum atomic E-state index is 4.22. The first-order valence-corrected chi connectivity index (χ1v) is 4.75. The van der Waals surface area contributed by atoms with Crippen molar-refractivity contribution in [3.63, 3.8) is 0 Å². The van der Waals surface area contributed by atoms with E-state index in [-0.39, 0.29) is 0 Å². The molecule has 0 aliphatic rings. The number of aromatic amines is 1. The van der Waals surface area contributed by atoms with Crippen LogP contribution in [0.25, 0.3) is 11.2 Å². The minimum Gasteiger partial charge on any atom is -0.340 e. The molecule has 0 fully saturated rings. The summed E-state index contributed by atoms with van der Waals surface area (Å²) in [6.45, 7) is 1.90. The lowest BCUT2D eigenvalue weighted by atomic mass is 10.6. The number of thioether (sulfide) groups is 1. The average molecular weight is 180 g/mol. The highest BCUT2D eigenvalue weighted by molar-refractivity contribution is 7.98. The van der Waals surface area contributed by atoms with Gasteiger partial charge >= 0.3 is 0 Å². The lowest BCUT2D eigenvalue weighted by Crippen LogP contribution is -1.84. The van der Waals surface area contributed by atoms with E-state index in [4.69, 9.17) is 0 Å². The zero-order chi connectivity index (χ0) is 8.55. The molecule has 0 aromatic carbocycles. The van der Waals surface area contributed by atoms with Crippen molar-refractivity contribution in [2.75, 3.05) is 6.26 Å². The van der Waals surface area contributed by atoms with Crippen molar-refractivity contribution in [1.82, 2.24) is 19.9 Å². The first-order valence-electron chi connectivity index (χ1n) is 3.53. The molecule has 62 valence electrons. The summed E-state index contributed by atoms with van der Waals surface area (Å²) in [7, 11) is 0. The van der Waals surface area contributed by atoms with Crippen LogP contribution in [0.4, 0.5) is 0 Å². The van der Waals surface area contributed by atoms with Crippen LogP contribution in [0.5, 0.6) is 0 Å². The lowest BCUT2D eigenvalue weighted by molar-refractivity contribution is 0.996. The molecule has 0 saturated heterocycles. The van der Waals surface area contributed by atoms with Gasteiger partial charge in [-0.25, -0.2) is 15.0 Å². The van der Waals surface area contributed by atoms with E-state index in [2.05, 4.69) is 19.9 Å². The van der Waals surface area contributed by atoms with Crippen molar-refractivity contribution >= 4 is 22.9 Å². The van der Waals surface area contributed by atoms with Crippen LogP contribution in [0.3, 0.4) is 0 Å². The Morgan fingerprint density at radius 1 is 1.42 bits per heavy atom. The Kier molecular flexibility index (Phi) is 1.73. The Labute approximate surface area is 73.8 Å². The molecule has 0 amide bonds. The van der Waals surface area contributed by atoms with Crippen LogP contribution >= 0.6 is 11.8 Å². The van der Waals surface area contributed by atoms with E-state index in [1.54, 1.807) is 6.20 Å². The normalized spacial score (nSPS) is 10.8. The molecule has 0 spiro atoms. The fraction of sp³-hybridized carbons (Fsp3) is 0.286. The van der Waals surface area contributed by atoms with Gasteiger partial charge in [0.2, 0.25) is 0 Å². The van der Waals surface area contributed by atoms with Gasteiger partial charge < -0.3 is 4.98 Å². The molecule has 2 aromatic heterocycles. The first-order chi connectivity index (χ1) is 5.79. The molecular weight excluding hydrogens is 172 g/mol. The van der Waals surface area contributed by atoms with Crippen molar-refractivity contribution in [2.24, 2.45) is 0 Å². The van der Waals surface area contributed by atoms with E-state index in [0.29, 0.717) is 0 Å². The highest BCUT2D eigenvalue weighted by Gasteiger charge is 2.01. The number of nitrogens with one attached hydrogen (secondary N) is 1.